The molecule has 2 aliphatic rings. The summed E-state index contributed by atoms with van der Waals surface area (Å²) in [5, 5.41) is 7.44. The van der Waals surface area contributed by atoms with E-state index in [4.69, 9.17) is 4.43 Å². The Morgan fingerprint density at radius 1 is 1.19 bits per heavy atom. The van der Waals surface area contributed by atoms with E-state index in [0.29, 0.717) is 3.63 Å². The van der Waals surface area contributed by atoms with Crippen molar-refractivity contribution >= 4 is 27.3 Å². The summed E-state index contributed by atoms with van der Waals surface area (Å²) in [6, 6.07) is 5.99. The van der Waals surface area contributed by atoms with Crippen LogP contribution in [0, 0.1) is 0 Å². The third-order valence-electron chi connectivity index (χ3n) is 5.07. The molecule has 0 fully saturated rings. The molecule has 27 heavy (non-hydrogen) atoms. The first-order valence-corrected chi connectivity index (χ1v) is 17.0. The van der Waals surface area contributed by atoms with Crippen LogP contribution in [0.5, 0.6) is 5.75 Å². The van der Waals surface area contributed by atoms with E-state index in [2.05, 4.69) is 71.3 Å². The Labute approximate surface area is 195 Å². The van der Waals surface area contributed by atoms with E-state index in [0.717, 1.165) is 5.75 Å². The normalized spacial score (nSPS) is 23.1. The van der Waals surface area contributed by atoms with Gasteiger partial charge in [0.1, 0.15) is 0 Å². The number of rotatable bonds is 5. The molecule has 0 amide bonds. The van der Waals surface area contributed by atoms with Gasteiger partial charge in [0, 0.05) is 0 Å². The summed E-state index contributed by atoms with van der Waals surface area (Å²) in [6.45, 7) is 18.5. The van der Waals surface area contributed by atoms with Gasteiger partial charge in [-0.25, -0.2) is 0 Å². The van der Waals surface area contributed by atoms with Gasteiger partial charge in [0.25, 0.3) is 0 Å². The van der Waals surface area contributed by atoms with E-state index in [9.17, 15) is 0 Å². The Balaban J connectivity index is 0.00000182. The topological polar surface area (TPSA) is 21.3 Å². The first-order valence-electron chi connectivity index (χ1n) is 9.50. The van der Waals surface area contributed by atoms with E-state index >= 15 is 0 Å². The zero-order valence-corrected chi connectivity index (χ0v) is 23.8. The third-order valence-corrected chi connectivity index (χ3v) is 12.7. The maximum atomic E-state index is 6.51. The largest absolute Gasteiger partial charge is 1.00 e. The Kier molecular flexibility index (Phi) is 7.83. The Morgan fingerprint density at radius 2 is 1.78 bits per heavy atom. The number of anilines is 1. The van der Waals surface area contributed by atoms with Gasteiger partial charge < -0.3 is 24.8 Å². The molecule has 7 heteroatoms. The van der Waals surface area contributed by atoms with E-state index in [1.54, 1.807) is 35.5 Å². The summed E-state index contributed by atoms with van der Waals surface area (Å²) >= 11 is 1.65. The number of halogens is 2. The number of hydrogen-bond donors (Lipinski definition) is 1. The van der Waals surface area contributed by atoms with Crippen molar-refractivity contribution in [3.8, 4) is 5.75 Å². The van der Waals surface area contributed by atoms with Crippen LogP contribution < -0.4 is 34.6 Å². The molecule has 1 aromatic carbocycles. The minimum atomic E-state index is -1.65. The molecule has 0 saturated carbocycles. The molecule has 0 radical (unpaired) electrons. The fraction of sp³-hybridized carbons (Fsp3) is 0.600. The molecule has 1 aliphatic heterocycles. The predicted molar refractivity (Wildman–Crippen MR) is 110 cm³/mol. The van der Waals surface area contributed by atoms with E-state index in [1.807, 2.05) is 5.20 Å². The van der Waals surface area contributed by atoms with Crippen LogP contribution in [-0.2, 0) is 24.7 Å². The minimum Gasteiger partial charge on any atom is -1.00 e. The van der Waals surface area contributed by atoms with E-state index in [1.165, 1.54) is 23.7 Å². The Morgan fingerprint density at radius 3 is 2.26 bits per heavy atom. The monoisotopic (exact) mass is 518 g/mol. The van der Waals surface area contributed by atoms with Gasteiger partial charge in [-0.1, -0.05) is 0 Å². The van der Waals surface area contributed by atoms with Crippen LogP contribution in [0.1, 0.15) is 48.9 Å². The molecule has 1 heterocycles. The number of benzene rings is 1. The summed E-state index contributed by atoms with van der Waals surface area (Å²) in [6.07, 6.45) is 1.31. The second-order valence-corrected chi connectivity index (χ2v) is 19.8. The molecule has 0 bridgehead atoms. The fourth-order valence-corrected chi connectivity index (χ4v) is 13.7. The molecule has 2 nitrogen and oxygen atoms in total. The smallest absolute Gasteiger partial charge is 1.00 e. The first-order chi connectivity index (χ1) is 11.4. The van der Waals surface area contributed by atoms with Gasteiger partial charge in [-0.05, 0) is 0 Å². The van der Waals surface area contributed by atoms with Crippen LogP contribution in [0.3, 0.4) is 0 Å². The molecule has 1 aromatic rings. The fourth-order valence-electron chi connectivity index (χ4n) is 4.25. The molecular weight excluding hydrogens is 489 g/mol. The second-order valence-electron chi connectivity index (χ2n) is 9.80. The van der Waals surface area contributed by atoms with Crippen LogP contribution in [0.25, 0.3) is 5.20 Å². The van der Waals surface area contributed by atoms with Crippen molar-refractivity contribution in [2.75, 3.05) is 5.32 Å². The number of fused-ring (bicyclic) bond motifs is 2. The third kappa shape index (κ3) is 4.79. The van der Waals surface area contributed by atoms with E-state index < -0.39 is 16.4 Å². The van der Waals surface area contributed by atoms with Gasteiger partial charge in [0.15, 0.2) is 0 Å². The SMILES string of the molecule is CCC[Si]1(C)C2=C1[CH]([Zr+2])c1ccc(O[Si](C)(C)C)c(NC(C)(C)C)c12.[Cl-].[Cl-]. The Hall–Kier alpha value is 0.457. The zero-order chi connectivity index (χ0) is 18.8. The molecule has 3 rings (SSSR count). The number of allylic oxidation sites excluding steroid dienone is 1. The van der Waals surface area contributed by atoms with Gasteiger partial charge in [0.2, 0.25) is 0 Å². The van der Waals surface area contributed by atoms with Crippen molar-refractivity contribution in [2.45, 2.75) is 75.5 Å². The predicted octanol–water partition coefficient (Wildman–Crippen LogP) is 0.0544. The average molecular weight is 521 g/mol. The molecule has 2 atom stereocenters. The zero-order valence-electron chi connectivity index (χ0n) is 17.8. The van der Waals surface area contributed by atoms with Crippen LogP contribution in [0.4, 0.5) is 5.69 Å². The summed E-state index contributed by atoms with van der Waals surface area (Å²) in [7, 11) is -2.94. The Bertz CT molecular complexity index is 756. The molecule has 0 saturated heterocycles. The van der Waals surface area contributed by atoms with Gasteiger partial charge in [-0.3, -0.25) is 0 Å². The molecule has 0 spiro atoms. The van der Waals surface area contributed by atoms with Crippen molar-refractivity contribution in [2.24, 2.45) is 0 Å². The molecule has 1 aliphatic carbocycles. The average Bonchev–Trinajstić information content (AvgIpc) is 2.87. The molecule has 1 N–H and O–H groups in total. The quantitative estimate of drug-likeness (QED) is 0.555. The standard InChI is InChI=1S/C20H32NOSi2.2ClH.Zr/c1-9-12-24(8)16-13-14-10-11-15(22-23(5,6)7)18(17(14)19(16)24)21-20(2,3)4;;;/h10-11,13,21H,9,12H2,1-8H3;2*1H;/q;;;+2/p-2. The van der Waals surface area contributed by atoms with Crippen molar-refractivity contribution in [3.05, 3.63) is 28.5 Å². The van der Waals surface area contributed by atoms with Gasteiger partial charge in [-0.15, -0.1) is 0 Å². The summed E-state index contributed by atoms with van der Waals surface area (Å²) < 4.78 is 7.21. The van der Waals surface area contributed by atoms with Gasteiger partial charge >= 0.3 is 171 Å². The summed E-state index contributed by atoms with van der Waals surface area (Å²) in [4.78, 5) is 0. The maximum Gasteiger partial charge on any atom is -1.00 e. The van der Waals surface area contributed by atoms with Gasteiger partial charge in [-0.2, -0.15) is 0 Å². The molecular formula is C20H32Cl2NOSi2Zr. The van der Waals surface area contributed by atoms with Crippen LogP contribution >= 0.6 is 0 Å². The van der Waals surface area contributed by atoms with Crippen molar-refractivity contribution in [1.82, 2.24) is 0 Å². The van der Waals surface area contributed by atoms with E-state index in [-0.39, 0.29) is 30.4 Å². The molecule has 149 valence electrons. The van der Waals surface area contributed by atoms with Crippen molar-refractivity contribution in [1.29, 1.82) is 0 Å². The van der Waals surface area contributed by atoms with Gasteiger partial charge in [0.05, 0.1) is 0 Å². The summed E-state index contributed by atoms with van der Waals surface area (Å²) in [5.74, 6) is 1.07. The maximum absolute atomic E-state index is 6.51. The van der Waals surface area contributed by atoms with Crippen LogP contribution in [-0.4, -0.2) is 21.9 Å². The van der Waals surface area contributed by atoms with Crippen LogP contribution in [0.15, 0.2) is 17.3 Å². The van der Waals surface area contributed by atoms with Crippen molar-refractivity contribution in [3.63, 3.8) is 0 Å². The molecule has 0 aromatic heterocycles. The van der Waals surface area contributed by atoms with Crippen molar-refractivity contribution < 1.29 is 54.0 Å². The minimum absolute atomic E-state index is 0. The number of hydrogen-bond acceptors (Lipinski definition) is 2. The summed E-state index contributed by atoms with van der Waals surface area (Å²) in [5.41, 5.74) is 4.39. The number of nitrogens with one attached hydrogen (secondary N) is 1. The first kappa shape index (κ1) is 25.5. The van der Waals surface area contributed by atoms with Crippen LogP contribution in [0.2, 0.25) is 32.2 Å². The molecule has 2 unspecified atom stereocenters. The second kappa shape index (κ2) is 8.30.